The summed E-state index contributed by atoms with van der Waals surface area (Å²) in [6.07, 6.45) is 4.22. The molecule has 24 heavy (non-hydrogen) atoms. The Balaban J connectivity index is 1.41. The largest absolute Gasteiger partial charge is 0.347 e. The molecule has 0 unspecified atom stereocenters. The van der Waals surface area contributed by atoms with Crippen molar-refractivity contribution in [1.82, 2.24) is 15.2 Å². The van der Waals surface area contributed by atoms with Crippen LogP contribution < -0.4 is 5.32 Å². The summed E-state index contributed by atoms with van der Waals surface area (Å²) in [5, 5.41) is 5.26. The second kappa shape index (κ2) is 6.86. The molecule has 3 saturated heterocycles. The molecule has 0 radical (unpaired) electrons. The highest BCUT2D eigenvalue weighted by atomic mass is 32.2. The van der Waals surface area contributed by atoms with Crippen molar-refractivity contribution in [3.05, 3.63) is 41.4 Å². The van der Waals surface area contributed by atoms with Crippen molar-refractivity contribution in [3.8, 4) is 0 Å². The fourth-order valence-corrected chi connectivity index (χ4v) is 5.41. The molecule has 3 fully saturated rings. The molecule has 126 valence electrons. The third-order valence-electron chi connectivity index (χ3n) is 5.21. The molecule has 4 nitrogen and oxygen atoms in total. The van der Waals surface area contributed by atoms with E-state index in [1.807, 2.05) is 35.8 Å². The molecule has 3 aliphatic rings. The van der Waals surface area contributed by atoms with Crippen molar-refractivity contribution in [1.29, 1.82) is 0 Å². The van der Waals surface area contributed by atoms with Crippen LogP contribution in [0.5, 0.6) is 0 Å². The quantitative estimate of drug-likeness (QED) is 0.907. The van der Waals surface area contributed by atoms with Crippen LogP contribution in [0.1, 0.15) is 30.1 Å². The first kappa shape index (κ1) is 16.1. The van der Waals surface area contributed by atoms with Gasteiger partial charge in [-0.3, -0.25) is 9.69 Å². The number of rotatable bonds is 4. The Labute approximate surface area is 150 Å². The average molecular weight is 360 g/mol. The minimum absolute atomic E-state index is 0.0476. The van der Waals surface area contributed by atoms with Gasteiger partial charge in [0.05, 0.1) is 0 Å². The maximum atomic E-state index is 12.6. The van der Waals surface area contributed by atoms with E-state index in [1.165, 1.54) is 25.9 Å². The van der Waals surface area contributed by atoms with Crippen LogP contribution in [0.2, 0.25) is 0 Å². The van der Waals surface area contributed by atoms with Gasteiger partial charge in [-0.15, -0.1) is 11.3 Å². The highest BCUT2D eigenvalue weighted by Crippen LogP contribution is 2.32. The molecule has 5 rings (SSSR count). The molecule has 0 spiro atoms. The number of aromatic nitrogens is 1. The monoisotopic (exact) mass is 359 g/mol. The number of carbonyl (C=O) groups is 1. The molecule has 2 atom stereocenters. The summed E-state index contributed by atoms with van der Waals surface area (Å²) in [7, 11) is 0. The minimum Gasteiger partial charge on any atom is -0.347 e. The highest BCUT2D eigenvalue weighted by molar-refractivity contribution is 8.01. The Bertz CT molecular complexity index is 692. The third kappa shape index (κ3) is 3.23. The van der Waals surface area contributed by atoms with Gasteiger partial charge in [-0.05, 0) is 63.0 Å². The number of piperidine rings is 3. The number of nitrogens with zero attached hydrogens (tertiary/aromatic N) is 2. The zero-order chi connectivity index (χ0) is 16.5. The zero-order valence-electron chi connectivity index (χ0n) is 13.6. The third-order valence-corrected chi connectivity index (χ3v) is 7.10. The summed E-state index contributed by atoms with van der Waals surface area (Å²) in [5.74, 6) is 0.681. The van der Waals surface area contributed by atoms with E-state index in [0.29, 0.717) is 12.0 Å². The SMILES string of the molecule is C[C@@H]1[C@H](NC(=O)c2ccc(Sc3nccs3)cc2)C2CCN1CC2. The van der Waals surface area contributed by atoms with Crippen molar-refractivity contribution in [3.63, 3.8) is 0 Å². The predicted octanol–water partition coefficient (Wildman–Crippen LogP) is 3.51. The lowest BCUT2D eigenvalue weighted by Crippen LogP contribution is -2.62. The van der Waals surface area contributed by atoms with Crippen LogP contribution in [0.4, 0.5) is 0 Å². The Hall–Kier alpha value is -1.37. The summed E-state index contributed by atoms with van der Waals surface area (Å²) < 4.78 is 1.02. The smallest absolute Gasteiger partial charge is 0.251 e. The fourth-order valence-electron chi connectivity index (χ4n) is 3.82. The van der Waals surface area contributed by atoms with E-state index in [0.717, 1.165) is 14.8 Å². The standard InChI is InChI=1S/C18H21N3OS2/c1-12-16(13-6-9-21(12)10-7-13)20-17(22)14-2-4-15(5-3-14)24-18-19-8-11-23-18/h2-5,8,11-13,16H,6-7,9-10H2,1H3,(H,20,22)/t12-,16+/m1/s1. The minimum atomic E-state index is 0.0476. The van der Waals surface area contributed by atoms with Gasteiger partial charge in [0.2, 0.25) is 0 Å². The van der Waals surface area contributed by atoms with Crippen molar-refractivity contribution in [2.45, 2.75) is 41.1 Å². The first-order chi connectivity index (χ1) is 11.7. The van der Waals surface area contributed by atoms with Gasteiger partial charge >= 0.3 is 0 Å². The van der Waals surface area contributed by atoms with Gasteiger partial charge < -0.3 is 5.32 Å². The molecule has 2 bridgehead atoms. The second-order valence-corrected chi connectivity index (χ2v) is 8.75. The van der Waals surface area contributed by atoms with Gasteiger partial charge in [0.1, 0.15) is 0 Å². The first-order valence-corrected chi connectivity index (χ1v) is 10.1. The van der Waals surface area contributed by atoms with Crippen LogP contribution in [0, 0.1) is 5.92 Å². The summed E-state index contributed by atoms with van der Waals surface area (Å²) in [4.78, 5) is 20.5. The lowest BCUT2D eigenvalue weighted by Gasteiger charge is -2.49. The Morgan fingerprint density at radius 3 is 2.67 bits per heavy atom. The zero-order valence-corrected chi connectivity index (χ0v) is 15.3. The summed E-state index contributed by atoms with van der Waals surface area (Å²) in [6, 6.07) is 8.56. The molecule has 4 heterocycles. The van der Waals surface area contributed by atoms with Gasteiger partial charge in [-0.25, -0.2) is 4.98 Å². The normalized spacial score (nSPS) is 28.7. The molecule has 1 aromatic carbocycles. The maximum absolute atomic E-state index is 12.6. The molecule has 0 saturated carbocycles. The Morgan fingerprint density at radius 2 is 2.04 bits per heavy atom. The van der Waals surface area contributed by atoms with Crippen LogP contribution in [-0.4, -0.2) is 41.0 Å². The van der Waals surface area contributed by atoms with E-state index in [9.17, 15) is 4.79 Å². The molecule has 0 aliphatic carbocycles. The van der Waals surface area contributed by atoms with Gasteiger partial charge in [0.25, 0.3) is 5.91 Å². The number of benzene rings is 1. The summed E-state index contributed by atoms with van der Waals surface area (Å²) in [5.41, 5.74) is 0.738. The van der Waals surface area contributed by atoms with E-state index < -0.39 is 0 Å². The molecule has 2 aromatic rings. The number of amides is 1. The average Bonchev–Trinajstić information content (AvgIpc) is 3.12. The predicted molar refractivity (Wildman–Crippen MR) is 97.7 cm³/mol. The molecular formula is C18H21N3OS2. The number of hydrogen-bond acceptors (Lipinski definition) is 5. The molecular weight excluding hydrogens is 338 g/mol. The molecule has 6 heteroatoms. The van der Waals surface area contributed by atoms with E-state index in [1.54, 1.807) is 23.1 Å². The van der Waals surface area contributed by atoms with Crippen molar-refractivity contribution in [2.24, 2.45) is 5.92 Å². The topological polar surface area (TPSA) is 45.2 Å². The molecule has 1 amide bonds. The maximum Gasteiger partial charge on any atom is 0.251 e. The first-order valence-electron chi connectivity index (χ1n) is 8.43. The van der Waals surface area contributed by atoms with Gasteiger partial charge in [-0.2, -0.15) is 0 Å². The van der Waals surface area contributed by atoms with E-state index in [2.05, 4.69) is 22.1 Å². The number of fused-ring (bicyclic) bond motifs is 3. The summed E-state index contributed by atoms with van der Waals surface area (Å²) in [6.45, 7) is 4.60. The summed E-state index contributed by atoms with van der Waals surface area (Å²) >= 11 is 3.26. The van der Waals surface area contributed by atoms with Crippen molar-refractivity contribution >= 4 is 29.0 Å². The second-order valence-electron chi connectivity index (χ2n) is 6.54. The van der Waals surface area contributed by atoms with Crippen LogP contribution in [-0.2, 0) is 0 Å². The van der Waals surface area contributed by atoms with Crippen LogP contribution >= 0.6 is 23.1 Å². The van der Waals surface area contributed by atoms with E-state index in [-0.39, 0.29) is 11.9 Å². The van der Waals surface area contributed by atoms with Crippen molar-refractivity contribution < 1.29 is 4.79 Å². The van der Waals surface area contributed by atoms with Crippen molar-refractivity contribution in [2.75, 3.05) is 13.1 Å². The lowest BCUT2D eigenvalue weighted by molar-refractivity contribution is 0.0217. The van der Waals surface area contributed by atoms with Crippen LogP contribution in [0.15, 0.2) is 45.1 Å². The Kier molecular flexibility index (Phi) is 4.61. The molecule has 3 aliphatic heterocycles. The van der Waals surface area contributed by atoms with Crippen LogP contribution in [0.3, 0.4) is 0 Å². The van der Waals surface area contributed by atoms with E-state index >= 15 is 0 Å². The van der Waals surface area contributed by atoms with E-state index in [4.69, 9.17) is 0 Å². The lowest BCUT2D eigenvalue weighted by atomic mass is 9.79. The van der Waals surface area contributed by atoms with Crippen LogP contribution in [0.25, 0.3) is 0 Å². The fraction of sp³-hybridized carbons (Fsp3) is 0.444. The number of carbonyl (C=O) groups excluding carboxylic acids is 1. The number of thiazole rings is 1. The Morgan fingerprint density at radius 1 is 1.29 bits per heavy atom. The highest BCUT2D eigenvalue weighted by Gasteiger charge is 2.40. The van der Waals surface area contributed by atoms with Gasteiger partial charge in [0.15, 0.2) is 4.34 Å². The molecule has 1 N–H and O–H groups in total. The van der Waals surface area contributed by atoms with Gasteiger partial charge in [0, 0.05) is 34.1 Å². The van der Waals surface area contributed by atoms with Gasteiger partial charge in [-0.1, -0.05) is 11.8 Å². The number of hydrogen-bond donors (Lipinski definition) is 1. The number of nitrogens with one attached hydrogen (secondary N) is 1. The molecule has 1 aromatic heterocycles.